The summed E-state index contributed by atoms with van der Waals surface area (Å²) in [6, 6.07) is 0. The summed E-state index contributed by atoms with van der Waals surface area (Å²) in [5.74, 6) is -0.576. The molecule has 0 bridgehead atoms. The molecule has 1 fully saturated rings. The first-order chi connectivity index (χ1) is 8.04. The van der Waals surface area contributed by atoms with Crippen LogP contribution in [0, 0.1) is 10.1 Å². The van der Waals surface area contributed by atoms with Crippen LogP contribution < -0.4 is 0 Å². The van der Waals surface area contributed by atoms with Gasteiger partial charge in [-0.3, -0.25) is 0 Å². The summed E-state index contributed by atoms with van der Waals surface area (Å²) < 4.78 is 6.87. The van der Waals surface area contributed by atoms with Gasteiger partial charge in [-0.15, -0.1) is 4.68 Å². The summed E-state index contributed by atoms with van der Waals surface area (Å²) in [4.78, 5) is 13.1. The number of aliphatic hydroxyl groups is 2. The van der Waals surface area contributed by atoms with Gasteiger partial charge in [-0.25, -0.2) is 0 Å². The smallest absolute Gasteiger partial charge is 0.390 e. The van der Waals surface area contributed by atoms with E-state index in [4.69, 9.17) is 4.74 Å². The Kier molecular flexibility index (Phi) is 3.56. The average molecular weight is 356 g/mol. The molecule has 0 saturated carbocycles. The number of aromatic nitrogens is 3. The maximum absolute atomic E-state index is 10.4. The van der Waals surface area contributed by atoms with Crippen molar-refractivity contribution in [1.82, 2.24) is 14.8 Å². The summed E-state index contributed by atoms with van der Waals surface area (Å²) in [6.07, 6.45) is -2.62. The molecule has 4 atom stereocenters. The lowest BCUT2D eigenvalue weighted by Gasteiger charge is -2.11. The minimum atomic E-state index is -1.18. The quantitative estimate of drug-likeness (QED) is 0.316. The Morgan fingerprint density at radius 2 is 2.29 bits per heavy atom. The first-order valence-electron chi connectivity index (χ1n) is 4.67. The van der Waals surface area contributed by atoms with E-state index in [0.29, 0.717) is 4.43 Å². The Morgan fingerprint density at radius 1 is 1.59 bits per heavy atom. The normalized spacial score (nSPS) is 32.9. The van der Waals surface area contributed by atoms with Crippen molar-refractivity contribution in [2.75, 3.05) is 4.43 Å². The fraction of sp³-hybridized carbons (Fsp3) is 0.714. The van der Waals surface area contributed by atoms with Crippen LogP contribution in [0.4, 0.5) is 5.95 Å². The molecule has 2 N–H and O–H groups in total. The van der Waals surface area contributed by atoms with Crippen molar-refractivity contribution in [2.45, 2.75) is 24.5 Å². The summed E-state index contributed by atoms with van der Waals surface area (Å²) in [7, 11) is 0. The molecule has 1 aliphatic rings. The summed E-state index contributed by atoms with van der Waals surface area (Å²) in [5.41, 5.74) is 0. The van der Waals surface area contributed by atoms with E-state index in [-0.39, 0.29) is 0 Å². The van der Waals surface area contributed by atoms with E-state index in [2.05, 4.69) is 10.1 Å². The highest BCUT2D eigenvalue weighted by Crippen LogP contribution is 2.29. The van der Waals surface area contributed by atoms with E-state index >= 15 is 0 Å². The van der Waals surface area contributed by atoms with Gasteiger partial charge in [0.25, 0.3) is 0 Å². The van der Waals surface area contributed by atoms with Crippen LogP contribution in [0.1, 0.15) is 6.23 Å². The molecular weight excluding hydrogens is 347 g/mol. The Balaban J connectivity index is 2.19. The van der Waals surface area contributed by atoms with Gasteiger partial charge in [0.05, 0.1) is 6.10 Å². The maximum Gasteiger partial charge on any atom is 0.491 e. The van der Waals surface area contributed by atoms with Gasteiger partial charge in [-0.05, 0) is 4.92 Å². The topological polar surface area (TPSA) is 124 Å². The molecule has 1 aromatic heterocycles. The molecule has 94 valence electrons. The zero-order valence-corrected chi connectivity index (χ0v) is 10.5. The fourth-order valence-corrected chi connectivity index (χ4v) is 2.28. The SMILES string of the molecule is O=[N+]([O-])c1ncn([C@@H]2O[C@H](CI)[C@@H](O)[C@H]2O)n1. The molecule has 1 aliphatic heterocycles. The number of hydrogen-bond donors (Lipinski definition) is 2. The lowest BCUT2D eigenvalue weighted by atomic mass is 10.1. The molecule has 1 saturated heterocycles. The van der Waals surface area contributed by atoms with Crippen molar-refractivity contribution in [3.8, 4) is 0 Å². The Morgan fingerprint density at radius 3 is 2.76 bits per heavy atom. The molecule has 0 spiro atoms. The van der Waals surface area contributed by atoms with Crippen molar-refractivity contribution in [1.29, 1.82) is 0 Å². The molecule has 0 aromatic carbocycles. The van der Waals surface area contributed by atoms with Gasteiger partial charge in [0.15, 0.2) is 6.23 Å². The summed E-state index contributed by atoms with van der Waals surface area (Å²) >= 11 is 2.01. The van der Waals surface area contributed by atoms with Crippen LogP contribution in [0.25, 0.3) is 0 Å². The van der Waals surface area contributed by atoms with E-state index in [9.17, 15) is 20.3 Å². The molecule has 0 unspecified atom stereocenters. The molecule has 9 nitrogen and oxygen atoms in total. The largest absolute Gasteiger partial charge is 0.491 e. The number of nitrogens with zero attached hydrogens (tertiary/aromatic N) is 4. The van der Waals surface area contributed by atoms with Crippen LogP contribution in [-0.2, 0) is 4.74 Å². The van der Waals surface area contributed by atoms with Crippen LogP contribution in [0.3, 0.4) is 0 Å². The van der Waals surface area contributed by atoms with E-state index in [0.717, 1.165) is 11.0 Å². The zero-order valence-electron chi connectivity index (χ0n) is 8.38. The van der Waals surface area contributed by atoms with Crippen LogP contribution in [0.15, 0.2) is 6.33 Å². The van der Waals surface area contributed by atoms with Crippen molar-refractivity contribution in [2.24, 2.45) is 0 Å². The van der Waals surface area contributed by atoms with Crippen molar-refractivity contribution in [3.63, 3.8) is 0 Å². The standard InChI is InChI=1S/C7H9IN4O5/c8-1-3-4(13)5(14)6(17-3)11-2-9-7(10-11)12(15)16/h2-6,13-14H,1H2/t3-,4-,5-,6-/m1/s1. The molecule has 2 heterocycles. The van der Waals surface area contributed by atoms with Gasteiger partial charge in [-0.1, -0.05) is 27.6 Å². The van der Waals surface area contributed by atoms with Gasteiger partial charge in [0.2, 0.25) is 6.33 Å². The van der Waals surface area contributed by atoms with Crippen LogP contribution >= 0.6 is 22.6 Å². The first kappa shape index (κ1) is 12.6. The molecule has 0 radical (unpaired) electrons. The molecule has 1 aromatic rings. The number of hydrogen-bond acceptors (Lipinski definition) is 7. The number of alkyl halides is 1. The third-order valence-corrected chi connectivity index (χ3v) is 3.28. The van der Waals surface area contributed by atoms with Crippen LogP contribution in [0.5, 0.6) is 0 Å². The molecule has 2 rings (SSSR count). The van der Waals surface area contributed by atoms with Crippen LogP contribution in [0.2, 0.25) is 0 Å². The summed E-state index contributed by atoms with van der Waals surface area (Å²) in [5, 5.41) is 33.3. The second-order valence-electron chi connectivity index (χ2n) is 3.48. The molecule has 10 heteroatoms. The van der Waals surface area contributed by atoms with Gasteiger partial charge in [-0.2, -0.15) is 0 Å². The highest BCUT2D eigenvalue weighted by atomic mass is 127. The number of ether oxygens (including phenoxy) is 1. The van der Waals surface area contributed by atoms with Gasteiger partial charge in [0, 0.05) is 9.53 Å². The second-order valence-corrected chi connectivity index (χ2v) is 4.36. The predicted molar refractivity (Wildman–Crippen MR) is 61.5 cm³/mol. The van der Waals surface area contributed by atoms with Gasteiger partial charge >= 0.3 is 5.95 Å². The molecular formula is C7H9IN4O5. The molecule has 17 heavy (non-hydrogen) atoms. The second kappa shape index (κ2) is 4.80. The lowest BCUT2D eigenvalue weighted by molar-refractivity contribution is -0.394. The zero-order chi connectivity index (χ0) is 12.6. The monoisotopic (exact) mass is 356 g/mol. The Hall–Kier alpha value is -0.850. The van der Waals surface area contributed by atoms with Crippen molar-refractivity contribution < 1.29 is 19.9 Å². The number of halogens is 1. The van der Waals surface area contributed by atoms with E-state index in [1.807, 2.05) is 22.6 Å². The Labute approximate surface area is 109 Å². The first-order valence-corrected chi connectivity index (χ1v) is 6.20. The van der Waals surface area contributed by atoms with Crippen LogP contribution in [-0.4, -0.2) is 52.6 Å². The highest BCUT2D eigenvalue weighted by molar-refractivity contribution is 14.1. The predicted octanol–water partition coefficient (Wildman–Crippen LogP) is -0.760. The van der Waals surface area contributed by atoms with E-state index in [1.54, 1.807) is 0 Å². The number of aliphatic hydroxyl groups excluding tert-OH is 2. The Bertz CT molecular complexity index is 426. The van der Waals surface area contributed by atoms with Gasteiger partial charge < -0.3 is 25.1 Å². The molecule has 0 amide bonds. The fourth-order valence-electron chi connectivity index (χ4n) is 1.55. The third kappa shape index (κ3) is 2.25. The minimum Gasteiger partial charge on any atom is -0.390 e. The van der Waals surface area contributed by atoms with Gasteiger partial charge in [0.1, 0.15) is 12.2 Å². The minimum absolute atomic E-state index is 0.489. The van der Waals surface area contributed by atoms with Crippen molar-refractivity contribution in [3.05, 3.63) is 16.4 Å². The van der Waals surface area contributed by atoms with E-state index in [1.165, 1.54) is 0 Å². The van der Waals surface area contributed by atoms with Crippen molar-refractivity contribution >= 4 is 28.5 Å². The number of rotatable bonds is 3. The van der Waals surface area contributed by atoms with E-state index < -0.39 is 35.4 Å². The number of nitro groups is 1. The third-order valence-electron chi connectivity index (χ3n) is 2.41. The average Bonchev–Trinajstić information content (AvgIpc) is 2.87. The summed E-state index contributed by atoms with van der Waals surface area (Å²) in [6.45, 7) is 0. The highest BCUT2D eigenvalue weighted by Gasteiger charge is 2.45. The lowest BCUT2D eigenvalue weighted by Crippen LogP contribution is -2.32. The molecule has 0 aliphatic carbocycles. The maximum atomic E-state index is 10.4.